The zero-order chi connectivity index (χ0) is 13.4. The number of rotatable bonds is 3. The van der Waals surface area contributed by atoms with Crippen LogP contribution in [0.15, 0.2) is 34.9 Å². The van der Waals surface area contributed by atoms with Crippen LogP contribution < -0.4 is 4.74 Å². The first-order valence-corrected chi connectivity index (χ1v) is 5.53. The molecule has 0 saturated heterocycles. The number of carboxylic acids is 1. The summed E-state index contributed by atoms with van der Waals surface area (Å²) in [6.07, 6.45) is 1.57. The minimum atomic E-state index is -1.05. The van der Waals surface area contributed by atoms with Crippen molar-refractivity contribution in [3.63, 3.8) is 0 Å². The highest BCUT2D eigenvalue weighted by atomic mass is 16.5. The van der Waals surface area contributed by atoms with Gasteiger partial charge in [-0.3, -0.25) is 5.10 Å². The second-order valence-electron chi connectivity index (χ2n) is 3.99. The predicted octanol–water partition coefficient (Wildman–Crippen LogP) is 2.53. The lowest BCUT2D eigenvalue weighted by Gasteiger charge is -2.03. The number of nitrogens with zero attached hydrogens (tertiary/aromatic N) is 1. The quantitative estimate of drug-likeness (QED) is 0.753. The highest BCUT2D eigenvalue weighted by molar-refractivity contribution is 5.90. The Hall–Kier alpha value is -2.76. The Morgan fingerprint density at radius 3 is 2.95 bits per heavy atom. The number of carboxylic acid groups (broad SMARTS) is 1. The highest BCUT2D eigenvalue weighted by Crippen LogP contribution is 2.32. The van der Waals surface area contributed by atoms with Gasteiger partial charge in [0.25, 0.3) is 0 Å². The molecule has 3 rings (SSSR count). The van der Waals surface area contributed by atoms with Crippen LogP contribution in [0.5, 0.6) is 5.75 Å². The average Bonchev–Trinajstić information content (AvgIpc) is 3.05. The fraction of sp³-hybridized carbons (Fsp3) is 0.0769. The molecule has 0 atom stereocenters. The van der Waals surface area contributed by atoms with Crippen LogP contribution in [0.3, 0.4) is 0 Å². The monoisotopic (exact) mass is 258 g/mol. The van der Waals surface area contributed by atoms with Crippen LogP contribution in [0.2, 0.25) is 0 Å². The van der Waals surface area contributed by atoms with Crippen molar-refractivity contribution in [3.8, 4) is 17.0 Å². The van der Waals surface area contributed by atoms with Gasteiger partial charge in [-0.15, -0.1) is 0 Å². The molecule has 0 unspecified atom stereocenters. The Balaban J connectivity index is 2.15. The van der Waals surface area contributed by atoms with E-state index in [2.05, 4.69) is 10.2 Å². The van der Waals surface area contributed by atoms with Crippen LogP contribution in [0, 0.1) is 0 Å². The summed E-state index contributed by atoms with van der Waals surface area (Å²) in [5.41, 5.74) is 2.00. The summed E-state index contributed by atoms with van der Waals surface area (Å²) in [4.78, 5) is 10.8. The van der Waals surface area contributed by atoms with Crippen molar-refractivity contribution in [2.75, 3.05) is 7.11 Å². The average molecular weight is 258 g/mol. The van der Waals surface area contributed by atoms with Gasteiger partial charge in [0.1, 0.15) is 5.69 Å². The first-order valence-electron chi connectivity index (χ1n) is 5.53. The summed E-state index contributed by atoms with van der Waals surface area (Å²) in [6.45, 7) is 0. The second kappa shape index (κ2) is 4.16. The maximum absolute atomic E-state index is 10.8. The Morgan fingerprint density at radius 2 is 2.26 bits per heavy atom. The molecule has 19 heavy (non-hydrogen) atoms. The van der Waals surface area contributed by atoms with E-state index in [9.17, 15) is 4.79 Å². The molecule has 6 nitrogen and oxygen atoms in total. The summed E-state index contributed by atoms with van der Waals surface area (Å²) >= 11 is 0. The Morgan fingerprint density at radius 1 is 1.42 bits per heavy atom. The van der Waals surface area contributed by atoms with Gasteiger partial charge in [-0.1, -0.05) is 0 Å². The number of hydrogen-bond donors (Lipinski definition) is 2. The lowest BCUT2D eigenvalue weighted by molar-refractivity contribution is 0.0690. The standard InChI is InChI=1S/C13H10N2O4/c1-18-11-5-8(4-7-2-3-19-12(7)11)9-6-10(13(16)17)15-14-9/h2-6H,1H3,(H,14,15)(H,16,17). The lowest BCUT2D eigenvalue weighted by atomic mass is 10.1. The first-order chi connectivity index (χ1) is 9.19. The molecule has 0 bridgehead atoms. The molecule has 0 aliphatic carbocycles. The zero-order valence-corrected chi connectivity index (χ0v) is 10.0. The lowest BCUT2D eigenvalue weighted by Crippen LogP contribution is -1.95. The van der Waals surface area contributed by atoms with E-state index in [4.69, 9.17) is 14.3 Å². The Bertz CT molecular complexity index is 757. The smallest absolute Gasteiger partial charge is 0.353 e. The fourth-order valence-corrected chi connectivity index (χ4v) is 1.93. The SMILES string of the molecule is COc1cc(-c2cc(C(=O)O)[nH]n2)cc2ccoc12. The molecular weight excluding hydrogens is 248 g/mol. The molecule has 0 spiro atoms. The molecule has 0 aliphatic heterocycles. The third kappa shape index (κ3) is 1.83. The second-order valence-corrected chi connectivity index (χ2v) is 3.99. The van der Waals surface area contributed by atoms with E-state index in [-0.39, 0.29) is 5.69 Å². The van der Waals surface area contributed by atoms with E-state index in [1.54, 1.807) is 19.4 Å². The number of aromatic carboxylic acids is 1. The first kappa shape index (κ1) is 11.3. The van der Waals surface area contributed by atoms with Gasteiger partial charge in [0, 0.05) is 10.9 Å². The summed E-state index contributed by atoms with van der Waals surface area (Å²) in [5.74, 6) is -0.465. The number of nitrogens with one attached hydrogen (secondary N) is 1. The van der Waals surface area contributed by atoms with Crippen LogP contribution in [-0.2, 0) is 0 Å². The molecule has 3 aromatic rings. The van der Waals surface area contributed by atoms with Crippen molar-refractivity contribution in [1.82, 2.24) is 10.2 Å². The number of H-pyrrole nitrogens is 1. The van der Waals surface area contributed by atoms with E-state index in [0.29, 0.717) is 17.0 Å². The van der Waals surface area contributed by atoms with Crippen molar-refractivity contribution in [3.05, 3.63) is 36.2 Å². The third-order valence-electron chi connectivity index (χ3n) is 2.84. The molecular formula is C13H10N2O4. The molecule has 2 N–H and O–H groups in total. The normalized spacial score (nSPS) is 10.8. The van der Waals surface area contributed by atoms with Gasteiger partial charge in [-0.05, 0) is 24.3 Å². The summed E-state index contributed by atoms with van der Waals surface area (Å²) in [6, 6.07) is 6.91. The summed E-state index contributed by atoms with van der Waals surface area (Å²) < 4.78 is 10.6. The molecule has 2 aromatic heterocycles. The third-order valence-corrected chi connectivity index (χ3v) is 2.84. The number of ether oxygens (including phenoxy) is 1. The van der Waals surface area contributed by atoms with E-state index in [0.717, 1.165) is 10.9 Å². The van der Waals surface area contributed by atoms with Crippen molar-refractivity contribution in [2.45, 2.75) is 0 Å². The molecule has 6 heteroatoms. The van der Waals surface area contributed by atoms with Crippen molar-refractivity contribution in [2.24, 2.45) is 0 Å². The number of aromatic nitrogens is 2. The number of hydrogen-bond acceptors (Lipinski definition) is 4. The van der Waals surface area contributed by atoms with Crippen molar-refractivity contribution >= 4 is 16.9 Å². The largest absolute Gasteiger partial charge is 0.493 e. The molecule has 0 fully saturated rings. The van der Waals surface area contributed by atoms with Gasteiger partial charge >= 0.3 is 5.97 Å². The van der Waals surface area contributed by atoms with Gasteiger partial charge in [0.15, 0.2) is 11.3 Å². The van der Waals surface area contributed by atoms with Crippen LogP contribution in [-0.4, -0.2) is 28.4 Å². The number of furan rings is 1. The van der Waals surface area contributed by atoms with Crippen molar-refractivity contribution in [1.29, 1.82) is 0 Å². The van der Waals surface area contributed by atoms with Gasteiger partial charge in [-0.25, -0.2) is 4.79 Å². The number of benzene rings is 1. The zero-order valence-electron chi connectivity index (χ0n) is 10.0. The van der Waals surface area contributed by atoms with Gasteiger partial charge < -0.3 is 14.3 Å². The predicted molar refractivity (Wildman–Crippen MR) is 67.3 cm³/mol. The summed E-state index contributed by atoms with van der Waals surface area (Å²) in [5, 5.41) is 16.2. The number of fused-ring (bicyclic) bond motifs is 1. The highest BCUT2D eigenvalue weighted by Gasteiger charge is 2.13. The van der Waals surface area contributed by atoms with E-state index < -0.39 is 5.97 Å². The molecule has 96 valence electrons. The van der Waals surface area contributed by atoms with E-state index >= 15 is 0 Å². The Labute approximate surface area is 107 Å². The fourth-order valence-electron chi connectivity index (χ4n) is 1.93. The van der Waals surface area contributed by atoms with Gasteiger partial charge in [0.2, 0.25) is 0 Å². The minimum Gasteiger partial charge on any atom is -0.493 e. The van der Waals surface area contributed by atoms with E-state index in [1.165, 1.54) is 6.07 Å². The van der Waals surface area contributed by atoms with E-state index in [1.807, 2.05) is 12.1 Å². The maximum atomic E-state index is 10.8. The molecule has 0 aliphatic rings. The molecule has 0 saturated carbocycles. The number of carbonyl (C=O) groups is 1. The molecule has 0 amide bonds. The summed E-state index contributed by atoms with van der Waals surface area (Å²) in [7, 11) is 1.55. The van der Waals surface area contributed by atoms with Crippen LogP contribution in [0.4, 0.5) is 0 Å². The van der Waals surface area contributed by atoms with Crippen LogP contribution >= 0.6 is 0 Å². The number of methoxy groups -OCH3 is 1. The van der Waals surface area contributed by atoms with Crippen LogP contribution in [0.25, 0.3) is 22.2 Å². The van der Waals surface area contributed by atoms with Gasteiger partial charge in [-0.2, -0.15) is 5.10 Å². The molecule has 1 aromatic carbocycles. The number of aromatic amines is 1. The molecule has 0 radical (unpaired) electrons. The van der Waals surface area contributed by atoms with Crippen molar-refractivity contribution < 1.29 is 19.1 Å². The van der Waals surface area contributed by atoms with Crippen LogP contribution in [0.1, 0.15) is 10.5 Å². The van der Waals surface area contributed by atoms with Gasteiger partial charge in [0.05, 0.1) is 19.1 Å². The topological polar surface area (TPSA) is 88.4 Å². The maximum Gasteiger partial charge on any atom is 0.353 e. The Kier molecular flexibility index (Phi) is 2.49. The minimum absolute atomic E-state index is 0.0428. The molecule has 2 heterocycles.